The van der Waals surface area contributed by atoms with E-state index in [1.54, 1.807) is 12.1 Å². The number of carbonyl (C=O) groups is 1. The highest BCUT2D eigenvalue weighted by Crippen LogP contribution is 2.32. The summed E-state index contributed by atoms with van der Waals surface area (Å²) in [4.78, 5) is 16.4. The number of carbonyl (C=O) groups excluding carboxylic acids is 1. The molecule has 1 fully saturated rings. The van der Waals surface area contributed by atoms with Gasteiger partial charge in [0.25, 0.3) is 5.91 Å². The Bertz CT molecular complexity index is 645. The quantitative estimate of drug-likeness (QED) is 0.748. The molecule has 4 heteroatoms. The van der Waals surface area contributed by atoms with Crippen LogP contribution in [-0.4, -0.2) is 23.9 Å². The largest absolute Gasteiger partial charge is 0.338 e. The SMILES string of the molecule is CCCN(CC1CC1)C(=O)c1ccc(-c2ccc(F)cc2)s1. The van der Waals surface area contributed by atoms with Gasteiger partial charge in [0.15, 0.2) is 0 Å². The van der Waals surface area contributed by atoms with Crippen LogP contribution in [0.5, 0.6) is 0 Å². The van der Waals surface area contributed by atoms with E-state index in [0.29, 0.717) is 5.92 Å². The highest BCUT2D eigenvalue weighted by Gasteiger charge is 2.27. The van der Waals surface area contributed by atoms with E-state index in [1.807, 2.05) is 17.0 Å². The first-order valence-electron chi connectivity index (χ1n) is 7.82. The van der Waals surface area contributed by atoms with Crippen LogP contribution in [0.1, 0.15) is 35.9 Å². The van der Waals surface area contributed by atoms with Crippen molar-refractivity contribution in [2.45, 2.75) is 26.2 Å². The van der Waals surface area contributed by atoms with Crippen molar-refractivity contribution in [3.63, 3.8) is 0 Å². The van der Waals surface area contributed by atoms with Crippen LogP contribution in [-0.2, 0) is 0 Å². The van der Waals surface area contributed by atoms with E-state index in [4.69, 9.17) is 0 Å². The maximum absolute atomic E-state index is 13.0. The topological polar surface area (TPSA) is 20.3 Å². The zero-order valence-electron chi connectivity index (χ0n) is 12.7. The Morgan fingerprint density at radius 1 is 1.23 bits per heavy atom. The Morgan fingerprint density at radius 3 is 2.59 bits per heavy atom. The van der Waals surface area contributed by atoms with Gasteiger partial charge in [0.05, 0.1) is 4.88 Å². The molecule has 1 amide bonds. The number of hydrogen-bond acceptors (Lipinski definition) is 2. The lowest BCUT2D eigenvalue weighted by molar-refractivity contribution is 0.0752. The van der Waals surface area contributed by atoms with Gasteiger partial charge in [-0.3, -0.25) is 4.79 Å². The van der Waals surface area contributed by atoms with E-state index in [2.05, 4.69) is 6.92 Å². The minimum absolute atomic E-state index is 0.132. The van der Waals surface area contributed by atoms with E-state index < -0.39 is 0 Å². The molecule has 0 radical (unpaired) electrons. The van der Waals surface area contributed by atoms with Gasteiger partial charge in [-0.2, -0.15) is 0 Å². The van der Waals surface area contributed by atoms with E-state index in [9.17, 15) is 9.18 Å². The Morgan fingerprint density at radius 2 is 1.95 bits per heavy atom. The average Bonchev–Trinajstić information content (AvgIpc) is 3.20. The number of halogens is 1. The number of amides is 1. The zero-order valence-corrected chi connectivity index (χ0v) is 13.5. The molecule has 1 aromatic carbocycles. The van der Waals surface area contributed by atoms with Crippen LogP contribution in [0.25, 0.3) is 10.4 Å². The summed E-state index contributed by atoms with van der Waals surface area (Å²) in [6.45, 7) is 3.81. The molecule has 1 saturated carbocycles. The van der Waals surface area contributed by atoms with Crippen LogP contribution >= 0.6 is 11.3 Å². The molecule has 0 spiro atoms. The molecule has 0 saturated heterocycles. The van der Waals surface area contributed by atoms with E-state index >= 15 is 0 Å². The van der Waals surface area contributed by atoms with Crippen molar-refractivity contribution in [2.24, 2.45) is 5.92 Å². The maximum Gasteiger partial charge on any atom is 0.263 e. The summed E-state index contributed by atoms with van der Waals surface area (Å²) in [5.41, 5.74) is 0.953. The van der Waals surface area contributed by atoms with Gasteiger partial charge < -0.3 is 4.90 Å². The maximum atomic E-state index is 13.0. The van der Waals surface area contributed by atoms with Crippen molar-refractivity contribution in [1.29, 1.82) is 0 Å². The molecule has 116 valence electrons. The van der Waals surface area contributed by atoms with Gasteiger partial charge in [-0.25, -0.2) is 4.39 Å². The first-order valence-corrected chi connectivity index (χ1v) is 8.64. The molecule has 1 heterocycles. The lowest BCUT2D eigenvalue weighted by atomic mass is 10.2. The highest BCUT2D eigenvalue weighted by atomic mass is 32.1. The van der Waals surface area contributed by atoms with Crippen LogP contribution in [0.4, 0.5) is 4.39 Å². The van der Waals surface area contributed by atoms with Gasteiger partial charge in [-0.1, -0.05) is 19.1 Å². The Balaban J connectivity index is 1.76. The van der Waals surface area contributed by atoms with Crippen molar-refractivity contribution in [3.05, 3.63) is 47.1 Å². The molecule has 0 atom stereocenters. The van der Waals surface area contributed by atoms with Gasteiger partial charge in [-0.05, 0) is 55.0 Å². The minimum atomic E-state index is -0.241. The second-order valence-corrected chi connectivity index (χ2v) is 6.95. The molecular formula is C18H20FNOS. The third-order valence-electron chi connectivity index (χ3n) is 3.90. The van der Waals surface area contributed by atoms with E-state index in [1.165, 1.54) is 36.3 Å². The molecule has 1 aromatic heterocycles. The molecule has 2 nitrogen and oxygen atoms in total. The lowest BCUT2D eigenvalue weighted by Gasteiger charge is -2.21. The lowest BCUT2D eigenvalue weighted by Crippen LogP contribution is -2.33. The van der Waals surface area contributed by atoms with Gasteiger partial charge in [-0.15, -0.1) is 11.3 Å². The Kier molecular flexibility index (Phi) is 4.57. The molecule has 3 rings (SSSR count). The summed E-state index contributed by atoms with van der Waals surface area (Å²) in [7, 11) is 0. The predicted octanol–water partition coefficient (Wildman–Crippen LogP) is 4.82. The minimum Gasteiger partial charge on any atom is -0.338 e. The van der Waals surface area contributed by atoms with Gasteiger partial charge in [0.1, 0.15) is 5.82 Å². The van der Waals surface area contributed by atoms with Crippen LogP contribution in [0, 0.1) is 11.7 Å². The smallest absolute Gasteiger partial charge is 0.263 e. The van der Waals surface area contributed by atoms with E-state index in [-0.39, 0.29) is 11.7 Å². The standard InChI is InChI=1S/C18H20FNOS/c1-2-11-20(12-13-3-4-13)18(21)17-10-9-16(22-17)14-5-7-15(19)8-6-14/h5-10,13H,2-4,11-12H2,1H3. The van der Waals surface area contributed by atoms with Crippen molar-refractivity contribution in [3.8, 4) is 10.4 Å². The summed E-state index contributed by atoms with van der Waals surface area (Å²) < 4.78 is 13.0. The van der Waals surface area contributed by atoms with Gasteiger partial charge >= 0.3 is 0 Å². The molecule has 1 aliphatic carbocycles. The molecule has 1 aliphatic rings. The summed E-state index contributed by atoms with van der Waals surface area (Å²) in [6, 6.07) is 10.3. The fraction of sp³-hybridized carbons (Fsp3) is 0.389. The van der Waals surface area contributed by atoms with Crippen molar-refractivity contribution < 1.29 is 9.18 Å². The third kappa shape index (κ3) is 3.55. The normalized spacial score (nSPS) is 14.1. The zero-order chi connectivity index (χ0) is 15.5. The summed E-state index contributed by atoms with van der Waals surface area (Å²) >= 11 is 1.49. The molecular weight excluding hydrogens is 297 g/mol. The molecule has 0 N–H and O–H groups in total. The average molecular weight is 317 g/mol. The summed E-state index contributed by atoms with van der Waals surface area (Å²) in [5, 5.41) is 0. The molecule has 0 aliphatic heterocycles. The van der Waals surface area contributed by atoms with Crippen molar-refractivity contribution in [1.82, 2.24) is 4.90 Å². The second kappa shape index (κ2) is 6.61. The Labute approximate surface area is 134 Å². The summed E-state index contributed by atoms with van der Waals surface area (Å²) in [6.07, 6.45) is 3.48. The number of rotatable bonds is 6. The third-order valence-corrected chi connectivity index (χ3v) is 5.02. The van der Waals surface area contributed by atoms with Crippen LogP contribution < -0.4 is 0 Å². The second-order valence-electron chi connectivity index (χ2n) is 5.87. The van der Waals surface area contributed by atoms with Crippen molar-refractivity contribution in [2.75, 3.05) is 13.1 Å². The van der Waals surface area contributed by atoms with Gasteiger partial charge in [0.2, 0.25) is 0 Å². The monoisotopic (exact) mass is 317 g/mol. The first-order chi connectivity index (χ1) is 10.7. The molecule has 2 aromatic rings. The molecule has 0 bridgehead atoms. The Hall–Kier alpha value is -1.68. The van der Waals surface area contributed by atoms with Crippen LogP contribution in [0.3, 0.4) is 0 Å². The summed E-state index contributed by atoms with van der Waals surface area (Å²) in [5.74, 6) is 0.592. The fourth-order valence-electron chi connectivity index (χ4n) is 2.54. The number of benzene rings is 1. The molecule has 22 heavy (non-hydrogen) atoms. The molecule has 0 unspecified atom stereocenters. The highest BCUT2D eigenvalue weighted by molar-refractivity contribution is 7.17. The number of hydrogen-bond donors (Lipinski definition) is 0. The fourth-order valence-corrected chi connectivity index (χ4v) is 3.52. The first kappa shape index (κ1) is 15.2. The predicted molar refractivity (Wildman–Crippen MR) is 88.6 cm³/mol. The van der Waals surface area contributed by atoms with Crippen LogP contribution in [0.15, 0.2) is 36.4 Å². The van der Waals surface area contributed by atoms with Crippen molar-refractivity contribution >= 4 is 17.2 Å². The van der Waals surface area contributed by atoms with Gasteiger partial charge in [0, 0.05) is 18.0 Å². The number of nitrogens with zero attached hydrogens (tertiary/aromatic N) is 1. The van der Waals surface area contributed by atoms with E-state index in [0.717, 1.165) is 34.8 Å². The number of thiophene rings is 1. The van der Waals surface area contributed by atoms with Crippen LogP contribution in [0.2, 0.25) is 0 Å².